The summed E-state index contributed by atoms with van der Waals surface area (Å²) < 4.78 is 60.9. The summed E-state index contributed by atoms with van der Waals surface area (Å²) >= 11 is -1.46. The van der Waals surface area contributed by atoms with Crippen molar-refractivity contribution < 1.29 is 22.2 Å². The Morgan fingerprint density at radius 3 is 1.96 bits per heavy atom. The summed E-state index contributed by atoms with van der Waals surface area (Å²) in [6.45, 7) is 18.2. The molecule has 150 valence electrons. The van der Waals surface area contributed by atoms with Crippen LogP contribution in [0, 0.1) is 0 Å². The summed E-state index contributed by atoms with van der Waals surface area (Å²) in [7, 11) is -2.59. The molecular formula is C17H34F3NO2SSi. The number of rotatable bonds is 8. The van der Waals surface area contributed by atoms with Gasteiger partial charge in [-0.05, 0) is 45.3 Å². The van der Waals surface area contributed by atoms with Crippen molar-refractivity contribution in [3.8, 4) is 0 Å². The van der Waals surface area contributed by atoms with Gasteiger partial charge >= 0.3 is 6.18 Å². The van der Waals surface area contributed by atoms with Gasteiger partial charge in [-0.25, -0.2) is 0 Å². The monoisotopic (exact) mass is 401 g/mol. The number of nitrogens with one attached hydrogen (secondary N) is 1. The van der Waals surface area contributed by atoms with E-state index in [1.807, 2.05) is 20.8 Å². The fourth-order valence-electron chi connectivity index (χ4n) is 1.76. The molecule has 0 aromatic heterocycles. The van der Waals surface area contributed by atoms with Crippen LogP contribution in [0.4, 0.5) is 13.2 Å². The van der Waals surface area contributed by atoms with Gasteiger partial charge in [-0.2, -0.15) is 13.2 Å². The van der Waals surface area contributed by atoms with Crippen LogP contribution in [-0.4, -0.2) is 35.9 Å². The van der Waals surface area contributed by atoms with Crippen molar-refractivity contribution in [2.75, 3.05) is 0 Å². The molecule has 0 spiro atoms. The first-order valence-electron chi connectivity index (χ1n) is 8.45. The van der Waals surface area contributed by atoms with Crippen molar-refractivity contribution in [1.29, 1.82) is 0 Å². The molecule has 2 unspecified atom stereocenters. The van der Waals surface area contributed by atoms with Crippen LogP contribution < -0.4 is 4.72 Å². The average molecular weight is 402 g/mol. The molecule has 25 heavy (non-hydrogen) atoms. The smallest absolute Gasteiger partial charge is 0.413 e. The second-order valence-corrected chi connectivity index (χ2v) is 15.6. The van der Waals surface area contributed by atoms with Gasteiger partial charge in [0, 0.05) is 17.8 Å². The van der Waals surface area contributed by atoms with E-state index in [-0.39, 0.29) is 17.9 Å². The molecule has 3 atom stereocenters. The van der Waals surface area contributed by atoms with Crippen LogP contribution in [0.1, 0.15) is 54.4 Å². The molecule has 0 bridgehead atoms. The second kappa shape index (κ2) is 8.78. The minimum absolute atomic E-state index is 0.287. The summed E-state index contributed by atoms with van der Waals surface area (Å²) in [5.41, 5.74) is 0. The van der Waals surface area contributed by atoms with Gasteiger partial charge in [0.2, 0.25) is 0 Å². The Hall–Kier alpha value is -0.0231. The maximum absolute atomic E-state index is 13.6. The highest BCUT2D eigenvalue weighted by Crippen LogP contribution is 2.40. The van der Waals surface area contributed by atoms with Crippen molar-refractivity contribution in [2.24, 2.45) is 0 Å². The molecule has 0 saturated heterocycles. The summed E-state index contributed by atoms with van der Waals surface area (Å²) in [5.74, 6) is 0. The molecule has 0 aliphatic heterocycles. The van der Waals surface area contributed by atoms with E-state index in [4.69, 9.17) is 4.43 Å². The molecule has 0 fully saturated rings. The molecular weight excluding hydrogens is 367 g/mol. The molecule has 0 aliphatic rings. The zero-order valence-electron chi connectivity index (χ0n) is 16.7. The van der Waals surface area contributed by atoms with E-state index in [0.29, 0.717) is 0 Å². The summed E-state index contributed by atoms with van der Waals surface area (Å²) in [6.07, 6.45) is -4.82. The van der Waals surface area contributed by atoms with Crippen LogP contribution >= 0.6 is 0 Å². The number of hydrogen-bond donors (Lipinski definition) is 1. The third-order valence-corrected chi connectivity index (χ3v) is 10.5. The van der Waals surface area contributed by atoms with Crippen molar-refractivity contribution in [3.63, 3.8) is 0 Å². The standard InChI is InChI=1S/C17H34F3NO2SSi/c1-10-11-13(21-24(22)15(2,3)4)12-14(17(18,19)20)23-25(8,9)16(5,6)7/h10,13-14,21H,1,11-12H2,2-9H3/t13-,14?,24?/m1/s1. The Morgan fingerprint density at radius 1 is 1.16 bits per heavy atom. The first kappa shape index (κ1) is 25.0. The predicted octanol–water partition coefficient (Wildman–Crippen LogP) is 5.33. The number of hydrogen-bond acceptors (Lipinski definition) is 3. The first-order chi connectivity index (χ1) is 10.9. The molecule has 0 aromatic rings. The van der Waals surface area contributed by atoms with E-state index < -0.39 is 42.7 Å². The molecule has 0 amide bonds. The largest absolute Gasteiger partial charge is 0.598 e. The first-order valence-corrected chi connectivity index (χ1v) is 12.5. The highest BCUT2D eigenvalue weighted by atomic mass is 32.2. The zero-order valence-corrected chi connectivity index (χ0v) is 18.5. The summed E-state index contributed by atoms with van der Waals surface area (Å²) in [4.78, 5) is 0. The lowest BCUT2D eigenvalue weighted by atomic mass is 10.1. The van der Waals surface area contributed by atoms with Gasteiger partial charge in [0.25, 0.3) is 0 Å². The van der Waals surface area contributed by atoms with Gasteiger partial charge in [0.15, 0.2) is 8.32 Å². The van der Waals surface area contributed by atoms with Gasteiger partial charge in [-0.1, -0.05) is 26.8 Å². The van der Waals surface area contributed by atoms with Crippen LogP contribution in [0.5, 0.6) is 0 Å². The van der Waals surface area contributed by atoms with Gasteiger partial charge in [-0.3, -0.25) is 0 Å². The van der Waals surface area contributed by atoms with Crippen molar-refractivity contribution in [3.05, 3.63) is 12.7 Å². The molecule has 0 radical (unpaired) electrons. The van der Waals surface area contributed by atoms with Crippen molar-refractivity contribution in [1.82, 2.24) is 4.72 Å². The Labute approximate surface area is 155 Å². The maximum atomic E-state index is 13.6. The second-order valence-electron chi connectivity index (χ2n) is 8.86. The highest BCUT2D eigenvalue weighted by molar-refractivity contribution is 7.90. The van der Waals surface area contributed by atoms with Crippen molar-refractivity contribution in [2.45, 2.75) is 95.6 Å². The normalized spacial score (nSPS) is 17.9. The van der Waals surface area contributed by atoms with Gasteiger partial charge in [-0.15, -0.1) is 11.3 Å². The lowest BCUT2D eigenvalue weighted by Gasteiger charge is -2.40. The molecule has 0 heterocycles. The van der Waals surface area contributed by atoms with E-state index >= 15 is 0 Å². The summed E-state index contributed by atoms with van der Waals surface area (Å²) in [5, 5.41) is -0.327. The fraction of sp³-hybridized carbons (Fsp3) is 0.882. The van der Waals surface area contributed by atoms with Gasteiger partial charge in [0.05, 0.1) is 6.04 Å². The Bertz CT molecular complexity index is 431. The zero-order chi connectivity index (χ0) is 20.3. The minimum Gasteiger partial charge on any atom is -0.598 e. The maximum Gasteiger partial charge on any atom is 0.413 e. The van der Waals surface area contributed by atoms with Crippen LogP contribution in [0.3, 0.4) is 0 Å². The molecule has 0 rings (SSSR count). The highest BCUT2D eigenvalue weighted by Gasteiger charge is 2.48. The SMILES string of the molecule is C=CC[C@H](CC(O[Si](C)(C)C(C)(C)C)C(F)(F)F)N[S+]([O-])C(C)(C)C. The Kier molecular flexibility index (Phi) is 8.77. The summed E-state index contributed by atoms with van der Waals surface area (Å²) in [6, 6.07) is -0.617. The van der Waals surface area contributed by atoms with Crippen LogP contribution in [0.15, 0.2) is 12.7 Å². The van der Waals surface area contributed by atoms with E-state index in [2.05, 4.69) is 11.3 Å². The number of halogens is 3. The fourth-order valence-corrected chi connectivity index (χ4v) is 3.90. The lowest BCUT2D eigenvalue weighted by molar-refractivity contribution is -0.201. The number of alkyl halides is 3. The van der Waals surface area contributed by atoms with Crippen LogP contribution in [0.25, 0.3) is 0 Å². The molecule has 0 aromatic carbocycles. The lowest BCUT2D eigenvalue weighted by Crippen LogP contribution is -2.51. The average Bonchev–Trinajstić information content (AvgIpc) is 2.34. The molecule has 3 nitrogen and oxygen atoms in total. The van der Waals surface area contributed by atoms with E-state index in [0.717, 1.165) is 0 Å². The van der Waals surface area contributed by atoms with Crippen molar-refractivity contribution >= 4 is 19.7 Å². The molecule has 0 aliphatic carbocycles. The van der Waals surface area contributed by atoms with E-state index in [9.17, 15) is 17.7 Å². The van der Waals surface area contributed by atoms with E-state index in [1.54, 1.807) is 33.9 Å². The molecule has 1 N–H and O–H groups in total. The topological polar surface area (TPSA) is 44.3 Å². The Morgan fingerprint density at radius 2 is 1.64 bits per heavy atom. The molecule has 8 heteroatoms. The quantitative estimate of drug-likeness (QED) is 0.340. The van der Waals surface area contributed by atoms with E-state index in [1.165, 1.54) is 6.08 Å². The third-order valence-electron chi connectivity index (χ3n) is 4.39. The predicted molar refractivity (Wildman–Crippen MR) is 102 cm³/mol. The van der Waals surface area contributed by atoms with Crippen LogP contribution in [-0.2, 0) is 15.8 Å². The van der Waals surface area contributed by atoms with Crippen LogP contribution in [0.2, 0.25) is 18.1 Å². The van der Waals surface area contributed by atoms with Gasteiger partial charge < -0.3 is 8.98 Å². The minimum atomic E-state index is -4.47. The third kappa shape index (κ3) is 8.47. The Balaban J connectivity index is 5.36. The molecule has 0 saturated carbocycles. The van der Waals surface area contributed by atoms with Gasteiger partial charge in [0.1, 0.15) is 10.9 Å².